The number of rotatable bonds is 13. The van der Waals surface area contributed by atoms with E-state index >= 15 is 0 Å². The van der Waals surface area contributed by atoms with Gasteiger partial charge in [-0.15, -0.1) is 0 Å². The van der Waals surface area contributed by atoms with Gasteiger partial charge in [-0.1, -0.05) is 68.4 Å². The fourth-order valence-electron chi connectivity index (χ4n) is 4.66. The fourth-order valence-corrected chi connectivity index (χ4v) is 9.07. The highest BCUT2D eigenvalue weighted by Crippen LogP contribution is 2.55. The maximum absolute atomic E-state index is 12.8. The molecule has 196 valence electrons. The Morgan fingerprint density at radius 3 is 1.73 bits per heavy atom. The van der Waals surface area contributed by atoms with E-state index in [1.807, 2.05) is 13.8 Å². The maximum Gasteiger partial charge on any atom is 0.225 e. The van der Waals surface area contributed by atoms with Crippen LogP contribution in [0.15, 0.2) is 91.0 Å². The van der Waals surface area contributed by atoms with Crippen molar-refractivity contribution in [2.24, 2.45) is 11.1 Å². The Bertz CT molecular complexity index is 1020. The first-order valence-corrected chi connectivity index (χ1v) is 15.1. The van der Waals surface area contributed by atoms with Crippen LogP contribution in [-0.2, 0) is 4.79 Å². The van der Waals surface area contributed by atoms with Crippen molar-refractivity contribution in [1.82, 2.24) is 10.2 Å². The fraction of sp³-hybridized carbons (Fsp3) is 0.355. The van der Waals surface area contributed by atoms with Crippen LogP contribution in [-0.4, -0.2) is 43.1 Å². The smallest absolute Gasteiger partial charge is 0.225 e. The van der Waals surface area contributed by atoms with E-state index < -0.39 is 12.7 Å². The average Bonchev–Trinajstić information content (AvgIpc) is 2.92. The average molecular weight is 518 g/mol. The number of hydrogen-bond acceptors (Lipinski definition) is 2. The molecule has 3 aromatic carbocycles. The van der Waals surface area contributed by atoms with E-state index in [2.05, 4.69) is 96.3 Å². The normalized spacial score (nSPS) is 11.6. The molecule has 5 nitrogen and oxygen atoms in total. The van der Waals surface area contributed by atoms with Crippen molar-refractivity contribution >= 4 is 35.0 Å². The van der Waals surface area contributed by atoms with Gasteiger partial charge < -0.3 is 16.0 Å². The molecule has 0 saturated carbocycles. The minimum Gasteiger partial charge on any atom is -0.370 e. The molecule has 0 unspecified atom stereocenters. The lowest BCUT2D eigenvalue weighted by molar-refractivity contribution is -0.129. The molecule has 0 saturated heterocycles. The van der Waals surface area contributed by atoms with Gasteiger partial charge in [0.25, 0.3) is 0 Å². The van der Waals surface area contributed by atoms with E-state index in [0.717, 1.165) is 25.4 Å². The standard InChI is InChI=1S/C31H41N4OP/c1-31(2,22-24-35(3)30(32)33)29(36)34-23-14-7-15-25-37(26-16-8-4-9-17-26,27-18-10-5-11-19-27)28-20-12-6-13-21-28/h4-6,8-13,16-21H,7,14-15,22-25H2,1-3H3,(H3-,32,33,34,36)/p+1. The summed E-state index contributed by atoms with van der Waals surface area (Å²) in [6, 6.07) is 33.0. The van der Waals surface area contributed by atoms with Crippen molar-refractivity contribution in [3.63, 3.8) is 0 Å². The third-order valence-corrected chi connectivity index (χ3v) is 11.7. The summed E-state index contributed by atoms with van der Waals surface area (Å²) in [4.78, 5) is 14.4. The Morgan fingerprint density at radius 2 is 1.30 bits per heavy atom. The summed E-state index contributed by atoms with van der Waals surface area (Å²) in [6.07, 6.45) is 4.85. The highest BCUT2D eigenvalue weighted by Gasteiger charge is 2.44. The van der Waals surface area contributed by atoms with Crippen LogP contribution in [0.4, 0.5) is 0 Å². The van der Waals surface area contributed by atoms with E-state index in [9.17, 15) is 4.79 Å². The Labute approximate surface area is 223 Å². The van der Waals surface area contributed by atoms with E-state index in [1.54, 1.807) is 11.9 Å². The number of benzene rings is 3. The van der Waals surface area contributed by atoms with Gasteiger partial charge in [0.2, 0.25) is 5.91 Å². The van der Waals surface area contributed by atoms with Gasteiger partial charge in [0.1, 0.15) is 23.2 Å². The zero-order valence-corrected chi connectivity index (χ0v) is 23.4. The first kappa shape index (κ1) is 28.4. The van der Waals surface area contributed by atoms with Crippen LogP contribution in [0, 0.1) is 10.8 Å². The topological polar surface area (TPSA) is 82.2 Å². The van der Waals surface area contributed by atoms with Gasteiger partial charge in [-0.3, -0.25) is 10.2 Å². The summed E-state index contributed by atoms with van der Waals surface area (Å²) < 4.78 is 0. The molecule has 0 bridgehead atoms. The summed E-state index contributed by atoms with van der Waals surface area (Å²) in [5.41, 5.74) is 5.02. The second-order valence-corrected chi connectivity index (χ2v) is 13.9. The summed E-state index contributed by atoms with van der Waals surface area (Å²) in [6.45, 7) is 5.17. The molecule has 0 heterocycles. The third kappa shape index (κ3) is 7.42. The molecule has 0 atom stereocenters. The number of amides is 1. The second-order valence-electron chi connectivity index (χ2n) is 10.3. The van der Waals surface area contributed by atoms with Crippen molar-refractivity contribution in [2.75, 3.05) is 26.3 Å². The number of nitrogens with one attached hydrogen (secondary N) is 2. The largest absolute Gasteiger partial charge is 0.370 e. The molecule has 4 N–H and O–H groups in total. The minimum absolute atomic E-state index is 0.0247. The van der Waals surface area contributed by atoms with Crippen molar-refractivity contribution in [3.05, 3.63) is 91.0 Å². The first-order valence-electron chi connectivity index (χ1n) is 13.2. The van der Waals surface area contributed by atoms with Crippen molar-refractivity contribution in [1.29, 1.82) is 5.41 Å². The Hall–Kier alpha value is -3.17. The lowest BCUT2D eigenvalue weighted by Gasteiger charge is -2.28. The van der Waals surface area contributed by atoms with E-state index in [1.165, 1.54) is 15.9 Å². The van der Waals surface area contributed by atoms with Crippen LogP contribution in [0.2, 0.25) is 0 Å². The lowest BCUT2D eigenvalue weighted by atomic mass is 9.88. The highest BCUT2D eigenvalue weighted by atomic mass is 31.2. The van der Waals surface area contributed by atoms with Gasteiger partial charge in [0.05, 0.1) is 6.16 Å². The van der Waals surface area contributed by atoms with E-state index in [0.29, 0.717) is 19.5 Å². The SMILES string of the molecule is CN(CCC(C)(C)C(=O)NCCCCC[P+](c1ccccc1)(c1ccccc1)c1ccccc1)C(=N)N. The molecule has 3 rings (SSSR count). The molecule has 0 aromatic heterocycles. The van der Waals surface area contributed by atoms with Gasteiger partial charge in [-0.25, -0.2) is 0 Å². The third-order valence-electron chi connectivity index (χ3n) is 7.14. The van der Waals surface area contributed by atoms with Crippen molar-refractivity contribution in [2.45, 2.75) is 39.5 Å². The monoisotopic (exact) mass is 517 g/mol. The van der Waals surface area contributed by atoms with Gasteiger partial charge >= 0.3 is 0 Å². The maximum atomic E-state index is 12.8. The predicted octanol–water partition coefficient (Wildman–Crippen LogP) is 4.51. The van der Waals surface area contributed by atoms with Crippen molar-refractivity contribution < 1.29 is 4.79 Å². The molecule has 0 aliphatic rings. The van der Waals surface area contributed by atoms with Crippen LogP contribution in [0.25, 0.3) is 0 Å². The van der Waals surface area contributed by atoms with Gasteiger partial charge in [-0.05, 0) is 62.1 Å². The lowest BCUT2D eigenvalue weighted by Crippen LogP contribution is -2.41. The Morgan fingerprint density at radius 1 is 0.838 bits per heavy atom. The quantitative estimate of drug-likeness (QED) is 0.135. The molecule has 1 amide bonds. The van der Waals surface area contributed by atoms with Gasteiger partial charge in [0, 0.05) is 25.6 Å². The molecule has 37 heavy (non-hydrogen) atoms. The number of carbonyl (C=O) groups is 1. The highest BCUT2D eigenvalue weighted by molar-refractivity contribution is 7.95. The number of nitrogens with zero attached hydrogens (tertiary/aromatic N) is 1. The van der Waals surface area contributed by atoms with Gasteiger partial charge in [0.15, 0.2) is 5.96 Å². The zero-order chi connectivity index (χ0) is 26.7. The predicted molar refractivity (Wildman–Crippen MR) is 160 cm³/mol. The van der Waals surface area contributed by atoms with Gasteiger partial charge in [-0.2, -0.15) is 0 Å². The van der Waals surface area contributed by atoms with Crippen LogP contribution in [0.1, 0.15) is 39.5 Å². The van der Waals surface area contributed by atoms with Crippen molar-refractivity contribution in [3.8, 4) is 0 Å². The number of guanidine groups is 1. The molecule has 6 heteroatoms. The van der Waals surface area contributed by atoms with Crippen LogP contribution in [0.5, 0.6) is 0 Å². The van der Waals surface area contributed by atoms with Crippen LogP contribution in [0.3, 0.4) is 0 Å². The number of nitrogens with two attached hydrogens (primary N) is 1. The molecule has 0 fully saturated rings. The van der Waals surface area contributed by atoms with E-state index in [-0.39, 0.29) is 11.9 Å². The summed E-state index contributed by atoms with van der Waals surface area (Å²) >= 11 is 0. The molecular weight excluding hydrogens is 475 g/mol. The number of carbonyl (C=O) groups excluding carboxylic acids is 1. The van der Waals surface area contributed by atoms with E-state index in [4.69, 9.17) is 11.1 Å². The molecule has 3 aromatic rings. The number of unbranched alkanes of at least 4 members (excludes halogenated alkanes) is 2. The Kier molecular flexibility index (Phi) is 10.3. The molecular formula is C31H42N4OP+. The molecule has 0 aliphatic carbocycles. The summed E-state index contributed by atoms with van der Waals surface area (Å²) in [5.74, 6) is 0.0841. The van der Waals surface area contributed by atoms with Crippen LogP contribution >= 0.6 is 7.26 Å². The molecule has 0 aliphatic heterocycles. The number of hydrogen-bond donors (Lipinski definition) is 3. The van der Waals surface area contributed by atoms with Crippen LogP contribution < -0.4 is 27.0 Å². The second kappa shape index (κ2) is 13.4. The summed E-state index contributed by atoms with van der Waals surface area (Å²) in [5, 5.41) is 14.9. The molecule has 0 spiro atoms. The molecule has 0 radical (unpaired) electrons. The zero-order valence-electron chi connectivity index (χ0n) is 22.5. The minimum atomic E-state index is -1.79. The summed E-state index contributed by atoms with van der Waals surface area (Å²) in [7, 11) is -0.0167. The Balaban J connectivity index is 1.64. The first-order chi connectivity index (χ1) is 17.8.